The van der Waals surface area contributed by atoms with Crippen molar-refractivity contribution in [3.8, 4) is 0 Å². The van der Waals surface area contributed by atoms with Crippen molar-refractivity contribution < 1.29 is 4.79 Å². The van der Waals surface area contributed by atoms with Crippen LogP contribution in [0.25, 0.3) is 11.0 Å². The number of thiazole rings is 1. The lowest BCUT2D eigenvalue weighted by molar-refractivity contribution is 0.102. The Balaban J connectivity index is 1.98. The molecule has 0 aliphatic rings. The van der Waals surface area contributed by atoms with E-state index >= 15 is 0 Å². The number of hydrogen-bond donors (Lipinski definition) is 2. The average molecular weight is 358 g/mol. The fourth-order valence-corrected chi connectivity index (χ4v) is 3.61. The Kier molecular flexibility index (Phi) is 4.54. The molecule has 2 heterocycles. The van der Waals surface area contributed by atoms with Crippen LogP contribution in [0.1, 0.15) is 34.8 Å². The van der Waals surface area contributed by atoms with Gasteiger partial charge in [-0.15, -0.1) is 11.3 Å². The Morgan fingerprint density at radius 3 is 2.72 bits per heavy atom. The molecular formula is C17H18N4O3S. The first-order chi connectivity index (χ1) is 11.9. The minimum Gasteiger partial charge on any atom is -0.316 e. The minimum atomic E-state index is -0.699. The maximum Gasteiger partial charge on any atom is 0.316 e. The number of anilines is 1. The van der Waals surface area contributed by atoms with E-state index in [1.165, 1.54) is 15.9 Å². The molecule has 7 nitrogen and oxygen atoms in total. The number of nitrogens with one attached hydrogen (secondary N) is 2. The molecule has 25 heavy (non-hydrogen) atoms. The van der Waals surface area contributed by atoms with Gasteiger partial charge in [-0.1, -0.05) is 6.92 Å². The van der Waals surface area contributed by atoms with Crippen molar-refractivity contribution in [3.05, 3.63) is 55.0 Å². The summed E-state index contributed by atoms with van der Waals surface area (Å²) in [5, 5.41) is 3.33. The first-order valence-corrected chi connectivity index (χ1v) is 8.80. The number of H-pyrrole nitrogens is 1. The maximum absolute atomic E-state index is 12.5. The Morgan fingerprint density at radius 2 is 2.08 bits per heavy atom. The minimum absolute atomic E-state index is 0.312. The lowest BCUT2D eigenvalue weighted by Crippen LogP contribution is -2.36. The highest BCUT2D eigenvalue weighted by atomic mass is 32.1. The van der Waals surface area contributed by atoms with Crippen LogP contribution in [0, 0.1) is 6.92 Å². The zero-order valence-corrected chi connectivity index (χ0v) is 15.0. The summed E-state index contributed by atoms with van der Waals surface area (Å²) in [5.41, 5.74) is 1.09. The molecule has 2 N–H and O–H groups in total. The molecule has 0 aliphatic heterocycles. The van der Waals surface area contributed by atoms with Crippen LogP contribution in [-0.2, 0) is 13.0 Å². The van der Waals surface area contributed by atoms with Crippen molar-refractivity contribution in [1.82, 2.24) is 14.5 Å². The van der Waals surface area contributed by atoms with Crippen LogP contribution in [0.4, 0.5) is 5.13 Å². The summed E-state index contributed by atoms with van der Waals surface area (Å²) in [5.74, 6) is -0.312. The molecule has 130 valence electrons. The zero-order valence-electron chi connectivity index (χ0n) is 14.2. The largest absolute Gasteiger partial charge is 0.316 e. The molecule has 3 rings (SSSR count). The van der Waals surface area contributed by atoms with E-state index in [2.05, 4.69) is 15.3 Å². The number of aromatic amines is 1. The molecule has 8 heteroatoms. The second kappa shape index (κ2) is 6.64. The highest BCUT2D eigenvalue weighted by molar-refractivity contribution is 7.15. The highest BCUT2D eigenvalue weighted by Crippen LogP contribution is 2.23. The van der Waals surface area contributed by atoms with E-state index < -0.39 is 11.1 Å². The standard InChI is InChI=1S/C17H18N4O3S/c1-4-11-9(3)25-17(19-11)20-14(22)10-6-7-13-12(8-10)18-15(23)16(24)21(13)5-2/h6-8H,4-5H2,1-3H3,(H,18,23)(H,19,20,22). The number of rotatable bonds is 4. The second-order valence-electron chi connectivity index (χ2n) is 5.57. The van der Waals surface area contributed by atoms with Crippen molar-refractivity contribution in [3.63, 3.8) is 0 Å². The number of nitrogens with zero attached hydrogens (tertiary/aromatic N) is 2. The molecule has 0 spiro atoms. The third-order valence-electron chi connectivity index (χ3n) is 4.00. The van der Waals surface area contributed by atoms with Crippen LogP contribution in [0.3, 0.4) is 0 Å². The predicted octanol–water partition coefficient (Wildman–Crippen LogP) is 2.29. The van der Waals surface area contributed by atoms with Gasteiger partial charge in [-0.2, -0.15) is 0 Å². The third-order valence-corrected chi connectivity index (χ3v) is 4.93. The van der Waals surface area contributed by atoms with Crippen LogP contribution in [0.2, 0.25) is 0 Å². The number of benzene rings is 1. The summed E-state index contributed by atoms with van der Waals surface area (Å²) < 4.78 is 1.38. The molecule has 0 atom stereocenters. The molecule has 0 fully saturated rings. The van der Waals surface area contributed by atoms with Crippen molar-refractivity contribution >= 4 is 33.4 Å². The van der Waals surface area contributed by atoms with Crippen molar-refractivity contribution in [2.75, 3.05) is 5.32 Å². The molecule has 0 radical (unpaired) electrons. The number of carbonyl (C=O) groups excluding carboxylic acids is 1. The molecule has 0 aliphatic carbocycles. The molecule has 0 unspecified atom stereocenters. The van der Waals surface area contributed by atoms with E-state index in [4.69, 9.17) is 0 Å². The average Bonchev–Trinajstić information content (AvgIpc) is 2.95. The van der Waals surface area contributed by atoms with E-state index in [-0.39, 0.29) is 5.91 Å². The Morgan fingerprint density at radius 1 is 1.32 bits per heavy atom. The van der Waals surface area contributed by atoms with E-state index in [0.29, 0.717) is 28.3 Å². The van der Waals surface area contributed by atoms with Gasteiger partial charge in [0, 0.05) is 17.0 Å². The van der Waals surface area contributed by atoms with Gasteiger partial charge in [-0.05, 0) is 38.5 Å². The predicted molar refractivity (Wildman–Crippen MR) is 98.7 cm³/mol. The fourth-order valence-electron chi connectivity index (χ4n) is 2.71. The number of amides is 1. The van der Waals surface area contributed by atoms with Gasteiger partial charge in [0.1, 0.15) is 0 Å². The van der Waals surface area contributed by atoms with Crippen LogP contribution >= 0.6 is 11.3 Å². The molecule has 2 aromatic heterocycles. The molecule has 1 amide bonds. The molecule has 3 aromatic rings. The lowest BCUT2D eigenvalue weighted by Gasteiger charge is -2.08. The number of aromatic nitrogens is 3. The van der Waals surface area contributed by atoms with E-state index in [1.54, 1.807) is 25.1 Å². The van der Waals surface area contributed by atoms with Gasteiger partial charge >= 0.3 is 11.1 Å². The summed E-state index contributed by atoms with van der Waals surface area (Å²) in [6.45, 7) is 6.15. The van der Waals surface area contributed by atoms with Crippen LogP contribution in [0.5, 0.6) is 0 Å². The monoisotopic (exact) mass is 358 g/mol. The van der Waals surface area contributed by atoms with Crippen molar-refractivity contribution in [2.24, 2.45) is 0 Å². The zero-order chi connectivity index (χ0) is 18.1. The van der Waals surface area contributed by atoms with E-state index in [1.807, 2.05) is 13.8 Å². The van der Waals surface area contributed by atoms with Crippen molar-refractivity contribution in [2.45, 2.75) is 33.7 Å². The summed E-state index contributed by atoms with van der Waals surface area (Å²) in [4.78, 5) is 44.1. The molecule has 0 saturated heterocycles. The quantitative estimate of drug-likeness (QED) is 0.699. The Bertz CT molecular complexity index is 1080. The number of carbonyl (C=O) groups is 1. The highest BCUT2D eigenvalue weighted by Gasteiger charge is 2.13. The van der Waals surface area contributed by atoms with Gasteiger partial charge in [0.2, 0.25) is 0 Å². The Hall–Kier alpha value is -2.74. The maximum atomic E-state index is 12.5. The summed E-state index contributed by atoms with van der Waals surface area (Å²) >= 11 is 1.43. The number of fused-ring (bicyclic) bond motifs is 1. The van der Waals surface area contributed by atoms with Gasteiger partial charge in [-0.3, -0.25) is 19.7 Å². The van der Waals surface area contributed by atoms with Crippen LogP contribution < -0.4 is 16.4 Å². The SMILES string of the molecule is CCc1nc(NC(=O)c2ccc3c(c2)[nH]c(=O)c(=O)n3CC)sc1C. The van der Waals surface area contributed by atoms with Crippen LogP contribution in [-0.4, -0.2) is 20.4 Å². The van der Waals surface area contributed by atoms with Gasteiger partial charge in [-0.25, -0.2) is 4.98 Å². The van der Waals surface area contributed by atoms with E-state index in [0.717, 1.165) is 17.0 Å². The summed E-state index contributed by atoms with van der Waals surface area (Å²) in [6.07, 6.45) is 0.809. The van der Waals surface area contributed by atoms with Gasteiger partial charge in [0.25, 0.3) is 5.91 Å². The molecule has 0 bridgehead atoms. The second-order valence-corrected chi connectivity index (χ2v) is 6.77. The van der Waals surface area contributed by atoms with E-state index in [9.17, 15) is 14.4 Å². The smallest absolute Gasteiger partial charge is 0.316 e. The summed E-state index contributed by atoms with van der Waals surface area (Å²) in [6, 6.07) is 4.86. The van der Waals surface area contributed by atoms with Gasteiger partial charge < -0.3 is 9.55 Å². The topological polar surface area (TPSA) is 96.8 Å². The van der Waals surface area contributed by atoms with Crippen LogP contribution in [0.15, 0.2) is 27.8 Å². The number of aryl methyl sites for hydroxylation is 3. The van der Waals surface area contributed by atoms with Crippen molar-refractivity contribution in [1.29, 1.82) is 0 Å². The normalized spacial score (nSPS) is 11.0. The third kappa shape index (κ3) is 3.12. The molecular weight excluding hydrogens is 340 g/mol. The first kappa shape index (κ1) is 17.1. The molecule has 0 saturated carbocycles. The fraction of sp³-hybridized carbons (Fsp3) is 0.294. The number of hydrogen-bond acceptors (Lipinski definition) is 5. The lowest BCUT2D eigenvalue weighted by atomic mass is 10.1. The molecule has 1 aromatic carbocycles. The first-order valence-electron chi connectivity index (χ1n) is 7.99. The van der Waals surface area contributed by atoms with Gasteiger partial charge in [0.15, 0.2) is 5.13 Å². The summed E-state index contributed by atoms with van der Waals surface area (Å²) in [7, 11) is 0. The Labute approximate surface area is 147 Å². The van der Waals surface area contributed by atoms with Gasteiger partial charge in [0.05, 0.1) is 16.7 Å².